The molecule has 1 atom stereocenters. The van der Waals surface area contributed by atoms with Gasteiger partial charge in [0.25, 0.3) is 0 Å². The van der Waals surface area contributed by atoms with Crippen LogP contribution in [0.25, 0.3) is 0 Å². The van der Waals surface area contributed by atoms with Gasteiger partial charge in [0, 0.05) is 4.90 Å². The molecule has 3 heteroatoms. The second-order valence-corrected chi connectivity index (χ2v) is 5.65. The minimum absolute atomic E-state index is 0.200. The molecule has 0 aromatic heterocycles. The maximum Gasteiger partial charge on any atom is 0.119 e. The fourth-order valence-corrected chi connectivity index (χ4v) is 2.79. The van der Waals surface area contributed by atoms with Crippen LogP contribution in [-0.4, -0.2) is 19.4 Å². The summed E-state index contributed by atoms with van der Waals surface area (Å²) in [5.74, 6) is 0.929. The smallest absolute Gasteiger partial charge is 0.119 e. The lowest BCUT2D eigenvalue weighted by Gasteiger charge is -2.20. The molecule has 0 amide bonds. The Hall–Kier alpha value is -1.45. The van der Waals surface area contributed by atoms with Gasteiger partial charge in [-0.05, 0) is 55.1 Å². The van der Waals surface area contributed by atoms with Crippen LogP contribution < -0.4 is 10.1 Å². The number of hydrogen-bond donors (Lipinski definition) is 1. The van der Waals surface area contributed by atoms with Crippen molar-refractivity contribution < 1.29 is 4.74 Å². The quantitative estimate of drug-likeness (QED) is 0.760. The van der Waals surface area contributed by atoms with Crippen LogP contribution in [0.15, 0.2) is 53.4 Å². The fraction of sp³-hybridized carbons (Fsp3) is 0.333. The topological polar surface area (TPSA) is 21.3 Å². The number of hydrogen-bond acceptors (Lipinski definition) is 3. The van der Waals surface area contributed by atoms with E-state index in [9.17, 15) is 0 Å². The average Bonchev–Trinajstić information content (AvgIpc) is 2.53. The van der Waals surface area contributed by atoms with Gasteiger partial charge in [0.1, 0.15) is 5.75 Å². The van der Waals surface area contributed by atoms with Gasteiger partial charge in [0.2, 0.25) is 0 Å². The number of rotatable bonds is 7. The summed E-state index contributed by atoms with van der Waals surface area (Å²) in [6.45, 7) is 5.76. The van der Waals surface area contributed by atoms with E-state index in [2.05, 4.69) is 61.0 Å². The van der Waals surface area contributed by atoms with Crippen molar-refractivity contribution in [2.75, 3.05) is 19.4 Å². The highest BCUT2D eigenvalue weighted by atomic mass is 32.2. The van der Waals surface area contributed by atoms with Gasteiger partial charge in [-0.25, -0.2) is 0 Å². The Morgan fingerprint density at radius 3 is 2.43 bits per heavy atom. The molecule has 2 rings (SSSR count). The summed E-state index contributed by atoms with van der Waals surface area (Å²) in [6, 6.07) is 17.3. The van der Waals surface area contributed by atoms with Crippen molar-refractivity contribution in [2.45, 2.75) is 24.8 Å². The van der Waals surface area contributed by atoms with Crippen LogP contribution in [0.5, 0.6) is 5.75 Å². The predicted octanol–water partition coefficient (Wildman–Crippen LogP) is 4.51. The maximum absolute atomic E-state index is 5.62. The third kappa shape index (κ3) is 4.26. The molecule has 21 heavy (non-hydrogen) atoms. The van der Waals surface area contributed by atoms with Crippen LogP contribution in [-0.2, 0) is 0 Å². The van der Waals surface area contributed by atoms with E-state index in [1.807, 2.05) is 13.0 Å². The first-order chi connectivity index (χ1) is 10.3. The Kier molecular flexibility index (Phi) is 6.15. The molecular weight excluding hydrogens is 278 g/mol. The molecule has 0 aliphatic heterocycles. The first-order valence-corrected chi connectivity index (χ1v) is 8.61. The van der Waals surface area contributed by atoms with Crippen molar-refractivity contribution >= 4 is 11.8 Å². The molecular formula is C18H23NOS. The molecule has 1 N–H and O–H groups in total. The third-order valence-electron chi connectivity index (χ3n) is 3.36. The zero-order valence-corrected chi connectivity index (χ0v) is 13.7. The molecule has 2 aromatic carbocycles. The highest BCUT2D eigenvalue weighted by molar-refractivity contribution is 7.98. The summed E-state index contributed by atoms with van der Waals surface area (Å²) in [6.07, 6.45) is 2.10. The van der Waals surface area contributed by atoms with Crippen molar-refractivity contribution in [1.82, 2.24) is 5.32 Å². The van der Waals surface area contributed by atoms with Gasteiger partial charge in [-0.2, -0.15) is 0 Å². The first-order valence-electron chi connectivity index (χ1n) is 7.38. The van der Waals surface area contributed by atoms with E-state index in [1.54, 1.807) is 11.8 Å². The van der Waals surface area contributed by atoms with Gasteiger partial charge in [-0.3, -0.25) is 0 Å². The van der Waals surface area contributed by atoms with E-state index < -0.39 is 0 Å². The Morgan fingerprint density at radius 2 is 1.81 bits per heavy atom. The predicted molar refractivity (Wildman–Crippen MR) is 91.4 cm³/mol. The Morgan fingerprint density at radius 1 is 1.05 bits per heavy atom. The molecule has 2 aromatic rings. The van der Waals surface area contributed by atoms with E-state index in [-0.39, 0.29) is 6.04 Å². The third-order valence-corrected chi connectivity index (χ3v) is 4.10. The maximum atomic E-state index is 5.62. The van der Waals surface area contributed by atoms with Crippen molar-refractivity contribution in [3.05, 3.63) is 59.7 Å². The van der Waals surface area contributed by atoms with Gasteiger partial charge in [-0.15, -0.1) is 11.8 Å². The Labute approximate surface area is 131 Å². The molecule has 0 radical (unpaired) electrons. The Balaban J connectivity index is 2.30. The standard InChI is InChI=1S/C18H23NOS/c1-4-19-18(14-9-11-17(21-3)12-10-14)15-7-6-8-16(13-15)20-5-2/h6-13,18-19H,4-5H2,1-3H3. The molecule has 0 saturated heterocycles. The number of thioether (sulfide) groups is 1. The summed E-state index contributed by atoms with van der Waals surface area (Å²) >= 11 is 1.77. The summed E-state index contributed by atoms with van der Waals surface area (Å²) in [4.78, 5) is 1.29. The van der Waals surface area contributed by atoms with Gasteiger partial charge in [0.15, 0.2) is 0 Å². The van der Waals surface area contributed by atoms with Crippen molar-refractivity contribution in [1.29, 1.82) is 0 Å². The van der Waals surface area contributed by atoms with E-state index in [0.717, 1.165) is 12.3 Å². The van der Waals surface area contributed by atoms with Gasteiger partial charge >= 0.3 is 0 Å². The van der Waals surface area contributed by atoms with Crippen LogP contribution in [0, 0.1) is 0 Å². The molecule has 0 spiro atoms. The fourth-order valence-electron chi connectivity index (χ4n) is 2.38. The molecule has 0 saturated carbocycles. The second kappa shape index (κ2) is 8.11. The van der Waals surface area contributed by atoms with E-state index >= 15 is 0 Å². The molecule has 0 bridgehead atoms. The molecule has 0 heterocycles. The monoisotopic (exact) mass is 301 g/mol. The number of nitrogens with one attached hydrogen (secondary N) is 1. The summed E-state index contributed by atoms with van der Waals surface area (Å²) in [7, 11) is 0. The zero-order chi connectivity index (χ0) is 15.1. The molecule has 112 valence electrons. The molecule has 0 aliphatic carbocycles. The summed E-state index contributed by atoms with van der Waals surface area (Å²) in [5.41, 5.74) is 2.52. The lowest BCUT2D eigenvalue weighted by molar-refractivity contribution is 0.339. The van der Waals surface area contributed by atoms with E-state index in [1.165, 1.54) is 16.0 Å². The minimum Gasteiger partial charge on any atom is -0.494 e. The molecule has 2 nitrogen and oxygen atoms in total. The molecule has 0 aliphatic rings. The number of benzene rings is 2. The first kappa shape index (κ1) is 15.9. The van der Waals surface area contributed by atoms with Crippen molar-refractivity contribution in [3.8, 4) is 5.75 Å². The van der Waals surface area contributed by atoms with Crippen molar-refractivity contribution in [3.63, 3.8) is 0 Å². The lowest BCUT2D eigenvalue weighted by atomic mass is 9.98. The van der Waals surface area contributed by atoms with Crippen LogP contribution in [0.2, 0.25) is 0 Å². The molecule has 1 unspecified atom stereocenters. The van der Waals surface area contributed by atoms with E-state index in [4.69, 9.17) is 4.74 Å². The van der Waals surface area contributed by atoms with E-state index in [0.29, 0.717) is 6.61 Å². The van der Waals surface area contributed by atoms with Crippen molar-refractivity contribution in [2.24, 2.45) is 0 Å². The largest absolute Gasteiger partial charge is 0.494 e. The second-order valence-electron chi connectivity index (χ2n) is 4.77. The highest BCUT2D eigenvalue weighted by Crippen LogP contribution is 2.27. The SMILES string of the molecule is CCNC(c1ccc(SC)cc1)c1cccc(OCC)c1. The van der Waals surface area contributed by atoms with Gasteiger partial charge < -0.3 is 10.1 Å². The van der Waals surface area contributed by atoms with Crippen LogP contribution in [0.1, 0.15) is 31.0 Å². The zero-order valence-electron chi connectivity index (χ0n) is 12.9. The minimum atomic E-state index is 0.200. The molecule has 0 fully saturated rings. The average molecular weight is 301 g/mol. The van der Waals surface area contributed by atoms with Crippen LogP contribution >= 0.6 is 11.8 Å². The lowest BCUT2D eigenvalue weighted by Crippen LogP contribution is -2.22. The summed E-state index contributed by atoms with van der Waals surface area (Å²) < 4.78 is 5.62. The summed E-state index contributed by atoms with van der Waals surface area (Å²) in [5, 5.41) is 3.56. The Bertz CT molecular complexity index is 553. The van der Waals surface area contributed by atoms with Crippen LogP contribution in [0.4, 0.5) is 0 Å². The normalized spacial score (nSPS) is 12.1. The van der Waals surface area contributed by atoms with Gasteiger partial charge in [-0.1, -0.05) is 31.2 Å². The van der Waals surface area contributed by atoms with Crippen LogP contribution in [0.3, 0.4) is 0 Å². The number of ether oxygens (including phenoxy) is 1. The van der Waals surface area contributed by atoms with Gasteiger partial charge in [0.05, 0.1) is 12.6 Å². The highest BCUT2D eigenvalue weighted by Gasteiger charge is 2.13.